The molecule has 4 unspecified atom stereocenters. The number of ketones is 1. The molecule has 1 saturated heterocycles. The molecular formula is C37H45NO5. The number of Topliss-reactive ketones (excluding diaryl/α,β-unsaturated/α-hetero) is 1. The third-order valence-electron chi connectivity index (χ3n) is 11.1. The summed E-state index contributed by atoms with van der Waals surface area (Å²) in [5.41, 5.74) is 3.57. The van der Waals surface area contributed by atoms with Gasteiger partial charge in [-0.25, -0.2) is 4.79 Å². The molecule has 2 aromatic carbocycles. The fraction of sp³-hybridized carbons (Fsp3) is 0.514. The second kappa shape index (κ2) is 11.5. The molecule has 8 atom stereocenters. The topological polar surface area (TPSA) is 73.9 Å². The molecule has 6 rings (SSSR count). The van der Waals surface area contributed by atoms with E-state index in [0.717, 1.165) is 36.8 Å². The van der Waals surface area contributed by atoms with Crippen LogP contribution < -0.4 is 5.32 Å². The van der Waals surface area contributed by atoms with Gasteiger partial charge in [-0.15, -0.1) is 0 Å². The first kappa shape index (κ1) is 30.0. The highest BCUT2D eigenvalue weighted by Crippen LogP contribution is 2.64. The highest BCUT2D eigenvalue weighted by molar-refractivity contribution is 5.92. The van der Waals surface area contributed by atoms with Crippen LogP contribution in [0.1, 0.15) is 77.0 Å². The normalized spacial score (nSPS) is 35.3. The Hall–Kier alpha value is -3.06. The number of nitrogens with one attached hydrogen (secondary N) is 1. The van der Waals surface area contributed by atoms with Crippen LogP contribution in [-0.2, 0) is 29.6 Å². The number of rotatable bonds is 8. The van der Waals surface area contributed by atoms with Gasteiger partial charge in [0.15, 0.2) is 11.6 Å². The Morgan fingerprint density at radius 2 is 1.72 bits per heavy atom. The van der Waals surface area contributed by atoms with Gasteiger partial charge in [0.25, 0.3) is 0 Å². The number of allylic oxidation sites excluding steroid dienone is 1. The Labute approximate surface area is 255 Å². The molecule has 2 aliphatic carbocycles. The summed E-state index contributed by atoms with van der Waals surface area (Å²) in [7, 11) is 0. The van der Waals surface area contributed by atoms with Crippen molar-refractivity contribution in [3.8, 4) is 0 Å². The lowest BCUT2D eigenvalue weighted by Crippen LogP contribution is -2.63. The van der Waals surface area contributed by atoms with E-state index >= 15 is 0 Å². The molecule has 0 bridgehead atoms. The van der Waals surface area contributed by atoms with Crippen molar-refractivity contribution in [3.05, 3.63) is 95.6 Å². The molecule has 2 aromatic rings. The first-order chi connectivity index (χ1) is 20.5. The molecule has 0 amide bonds. The van der Waals surface area contributed by atoms with Gasteiger partial charge < -0.3 is 14.2 Å². The molecule has 2 heterocycles. The van der Waals surface area contributed by atoms with E-state index in [0.29, 0.717) is 24.5 Å². The van der Waals surface area contributed by atoms with E-state index in [1.807, 2.05) is 61.5 Å². The molecular weight excluding hydrogens is 538 g/mol. The van der Waals surface area contributed by atoms with E-state index in [2.05, 4.69) is 37.9 Å². The maximum atomic E-state index is 12.9. The Kier molecular flexibility index (Phi) is 7.99. The first-order valence-electron chi connectivity index (χ1n) is 15.8. The fourth-order valence-corrected chi connectivity index (χ4v) is 8.76. The summed E-state index contributed by atoms with van der Waals surface area (Å²) in [6.45, 7) is 13.9. The SMILES string of the molecule is C=C1CCC2[C@]3(C)COC(C)(c4ccccc4)O[C@@H]3CC[C@]2(C)[C@H]1CC(NC(C(C)=O)c1ccccc1)C1=CCOC1=O. The van der Waals surface area contributed by atoms with Gasteiger partial charge >= 0.3 is 5.97 Å². The lowest BCUT2D eigenvalue weighted by atomic mass is 9.45. The van der Waals surface area contributed by atoms with Gasteiger partial charge in [0.05, 0.1) is 24.3 Å². The molecule has 0 radical (unpaired) electrons. The number of benzene rings is 2. The van der Waals surface area contributed by atoms with Crippen LogP contribution in [0.4, 0.5) is 0 Å². The van der Waals surface area contributed by atoms with E-state index < -0.39 is 11.8 Å². The number of cyclic esters (lactones) is 1. The van der Waals surface area contributed by atoms with Gasteiger partial charge in [-0.2, -0.15) is 0 Å². The standard InChI is InChI=1S/C37H45NO5/c1-24-16-17-31-35(3,20-18-32-36(31,4)23-42-37(5,43-32)27-14-10-7-11-15-27)29(24)22-30(28-19-21-41-34(28)40)38-33(25(2)39)26-12-8-6-9-13-26/h6-15,19,29-33,38H,1,16-18,20-23H2,2-5H3/t29-,30?,31?,32+,33?,35+,36-,37?/m0/s1. The maximum absolute atomic E-state index is 12.9. The number of hydrogen-bond donors (Lipinski definition) is 1. The first-order valence-corrected chi connectivity index (χ1v) is 15.8. The molecule has 43 heavy (non-hydrogen) atoms. The number of fused-ring (bicyclic) bond motifs is 3. The minimum Gasteiger partial charge on any atom is -0.458 e. The van der Waals surface area contributed by atoms with Gasteiger partial charge in [0, 0.05) is 17.0 Å². The molecule has 2 aliphatic heterocycles. The van der Waals surface area contributed by atoms with Crippen molar-refractivity contribution in [2.24, 2.45) is 22.7 Å². The van der Waals surface area contributed by atoms with Crippen molar-refractivity contribution in [2.45, 2.75) is 83.8 Å². The highest BCUT2D eigenvalue weighted by atomic mass is 16.7. The highest BCUT2D eigenvalue weighted by Gasteiger charge is 2.62. The van der Waals surface area contributed by atoms with E-state index in [9.17, 15) is 9.59 Å². The number of ether oxygens (including phenoxy) is 3. The van der Waals surface area contributed by atoms with Crippen molar-refractivity contribution in [1.29, 1.82) is 0 Å². The Morgan fingerprint density at radius 3 is 2.37 bits per heavy atom. The summed E-state index contributed by atoms with van der Waals surface area (Å²) in [5, 5.41) is 3.61. The van der Waals surface area contributed by atoms with Crippen LogP contribution >= 0.6 is 0 Å². The van der Waals surface area contributed by atoms with Crippen molar-refractivity contribution >= 4 is 11.8 Å². The molecule has 2 saturated carbocycles. The van der Waals surface area contributed by atoms with E-state index in [1.165, 1.54) is 5.57 Å². The van der Waals surface area contributed by atoms with Crippen LogP contribution in [0, 0.1) is 22.7 Å². The van der Waals surface area contributed by atoms with Gasteiger partial charge in [0.2, 0.25) is 0 Å². The van der Waals surface area contributed by atoms with Crippen molar-refractivity contribution in [2.75, 3.05) is 13.2 Å². The van der Waals surface area contributed by atoms with Crippen LogP contribution in [0.5, 0.6) is 0 Å². The Bertz CT molecular complexity index is 1400. The number of carbonyl (C=O) groups is 2. The van der Waals surface area contributed by atoms with E-state index in [4.69, 9.17) is 14.2 Å². The van der Waals surface area contributed by atoms with E-state index in [-0.39, 0.29) is 47.3 Å². The number of carbonyl (C=O) groups excluding carboxylic acids is 2. The van der Waals surface area contributed by atoms with Crippen molar-refractivity contribution in [3.63, 3.8) is 0 Å². The van der Waals surface area contributed by atoms with Gasteiger partial charge in [-0.1, -0.05) is 86.7 Å². The molecule has 3 fully saturated rings. The molecule has 6 nitrogen and oxygen atoms in total. The maximum Gasteiger partial charge on any atom is 0.335 e. The Morgan fingerprint density at radius 1 is 1.02 bits per heavy atom. The summed E-state index contributed by atoms with van der Waals surface area (Å²) in [4.78, 5) is 25.9. The minimum absolute atomic E-state index is 0.0145. The molecule has 6 heteroatoms. The largest absolute Gasteiger partial charge is 0.458 e. The van der Waals surface area contributed by atoms with Crippen molar-refractivity contribution < 1.29 is 23.8 Å². The van der Waals surface area contributed by atoms with Crippen LogP contribution in [0.15, 0.2) is 84.5 Å². The zero-order valence-electron chi connectivity index (χ0n) is 25.9. The second-order valence-corrected chi connectivity index (χ2v) is 13.7. The van der Waals surface area contributed by atoms with Crippen molar-refractivity contribution in [1.82, 2.24) is 5.32 Å². The average molecular weight is 584 g/mol. The summed E-state index contributed by atoms with van der Waals surface area (Å²) >= 11 is 0. The summed E-state index contributed by atoms with van der Waals surface area (Å²) in [6, 6.07) is 19.1. The summed E-state index contributed by atoms with van der Waals surface area (Å²) < 4.78 is 18.9. The van der Waals surface area contributed by atoms with Gasteiger partial charge in [-0.3, -0.25) is 10.1 Å². The predicted molar refractivity (Wildman–Crippen MR) is 166 cm³/mol. The van der Waals surface area contributed by atoms with E-state index in [1.54, 1.807) is 6.92 Å². The zero-order valence-corrected chi connectivity index (χ0v) is 25.9. The monoisotopic (exact) mass is 583 g/mol. The molecule has 228 valence electrons. The number of esters is 1. The summed E-state index contributed by atoms with van der Waals surface area (Å²) in [6.07, 6.45) is 6.52. The Balaban J connectivity index is 1.29. The second-order valence-electron chi connectivity index (χ2n) is 13.7. The third-order valence-corrected chi connectivity index (χ3v) is 11.1. The predicted octanol–water partition coefficient (Wildman–Crippen LogP) is 6.83. The lowest BCUT2D eigenvalue weighted by molar-refractivity contribution is -0.359. The number of hydrogen-bond acceptors (Lipinski definition) is 6. The van der Waals surface area contributed by atoms with Crippen LogP contribution in [0.3, 0.4) is 0 Å². The van der Waals surface area contributed by atoms with Crippen LogP contribution in [0.25, 0.3) is 0 Å². The molecule has 1 N–H and O–H groups in total. The van der Waals surface area contributed by atoms with Gasteiger partial charge in [0.1, 0.15) is 6.61 Å². The lowest BCUT2D eigenvalue weighted by Gasteiger charge is -2.64. The van der Waals surface area contributed by atoms with Crippen LogP contribution in [-0.4, -0.2) is 37.1 Å². The molecule has 0 spiro atoms. The minimum atomic E-state index is -0.764. The third kappa shape index (κ3) is 5.32. The smallest absolute Gasteiger partial charge is 0.335 e. The quantitative estimate of drug-likeness (QED) is 0.271. The average Bonchev–Trinajstić information content (AvgIpc) is 3.43. The molecule has 4 aliphatic rings. The van der Waals surface area contributed by atoms with Gasteiger partial charge in [-0.05, 0) is 74.8 Å². The molecule has 0 aromatic heterocycles. The van der Waals surface area contributed by atoms with Crippen LogP contribution in [0.2, 0.25) is 0 Å². The fourth-order valence-electron chi connectivity index (χ4n) is 8.76. The zero-order chi connectivity index (χ0) is 30.4. The summed E-state index contributed by atoms with van der Waals surface area (Å²) in [5.74, 6) is -0.541.